The monoisotopic (exact) mass is 290 g/mol. The SMILES string of the molecule is CC(N)C1CCN(Cc2nnc(-c3ccc(F)cc3)o2)C1. The second kappa shape index (κ2) is 5.91. The Labute approximate surface area is 123 Å². The lowest BCUT2D eigenvalue weighted by Gasteiger charge is -2.15. The van der Waals surface area contributed by atoms with Gasteiger partial charge in [0.05, 0.1) is 6.54 Å². The Morgan fingerprint density at radius 1 is 1.38 bits per heavy atom. The van der Waals surface area contributed by atoms with Crippen LogP contribution in [0.4, 0.5) is 4.39 Å². The Balaban J connectivity index is 1.64. The minimum Gasteiger partial charge on any atom is -0.419 e. The summed E-state index contributed by atoms with van der Waals surface area (Å²) in [6, 6.07) is 6.25. The highest BCUT2D eigenvalue weighted by Gasteiger charge is 2.26. The summed E-state index contributed by atoms with van der Waals surface area (Å²) in [4.78, 5) is 2.27. The van der Waals surface area contributed by atoms with E-state index in [1.807, 2.05) is 6.92 Å². The molecular formula is C15H19FN4O. The summed E-state index contributed by atoms with van der Waals surface area (Å²) in [5.41, 5.74) is 6.66. The molecule has 0 spiro atoms. The van der Waals surface area contributed by atoms with Crippen LogP contribution in [0.1, 0.15) is 19.2 Å². The number of likely N-dealkylation sites (tertiary alicyclic amines) is 1. The lowest BCUT2D eigenvalue weighted by atomic mass is 10.0. The fourth-order valence-electron chi connectivity index (χ4n) is 2.65. The second-order valence-corrected chi connectivity index (χ2v) is 5.65. The molecule has 0 amide bonds. The van der Waals surface area contributed by atoms with Crippen molar-refractivity contribution in [1.82, 2.24) is 15.1 Å². The van der Waals surface area contributed by atoms with E-state index < -0.39 is 0 Å². The van der Waals surface area contributed by atoms with Gasteiger partial charge in [0.25, 0.3) is 0 Å². The number of hydrogen-bond acceptors (Lipinski definition) is 5. The first-order chi connectivity index (χ1) is 10.1. The lowest BCUT2D eigenvalue weighted by Crippen LogP contribution is -2.29. The van der Waals surface area contributed by atoms with Gasteiger partial charge in [0, 0.05) is 18.2 Å². The van der Waals surface area contributed by atoms with E-state index in [0.29, 0.717) is 24.2 Å². The molecule has 1 aromatic heterocycles. The molecule has 21 heavy (non-hydrogen) atoms. The molecule has 0 radical (unpaired) electrons. The molecule has 0 saturated carbocycles. The zero-order chi connectivity index (χ0) is 14.8. The van der Waals surface area contributed by atoms with Crippen LogP contribution >= 0.6 is 0 Å². The molecule has 2 N–H and O–H groups in total. The number of rotatable bonds is 4. The van der Waals surface area contributed by atoms with Crippen LogP contribution in [-0.4, -0.2) is 34.2 Å². The fourth-order valence-corrected chi connectivity index (χ4v) is 2.65. The van der Waals surface area contributed by atoms with E-state index in [4.69, 9.17) is 10.2 Å². The zero-order valence-corrected chi connectivity index (χ0v) is 12.0. The van der Waals surface area contributed by atoms with Crippen molar-refractivity contribution in [2.75, 3.05) is 13.1 Å². The zero-order valence-electron chi connectivity index (χ0n) is 12.0. The first-order valence-corrected chi connectivity index (χ1v) is 7.18. The highest BCUT2D eigenvalue weighted by molar-refractivity contribution is 5.51. The van der Waals surface area contributed by atoms with Gasteiger partial charge in [-0.1, -0.05) is 0 Å². The van der Waals surface area contributed by atoms with Crippen LogP contribution < -0.4 is 5.73 Å². The van der Waals surface area contributed by atoms with Gasteiger partial charge in [0.2, 0.25) is 11.8 Å². The van der Waals surface area contributed by atoms with Crippen molar-refractivity contribution in [2.45, 2.75) is 25.9 Å². The van der Waals surface area contributed by atoms with Crippen LogP contribution in [0.25, 0.3) is 11.5 Å². The predicted molar refractivity (Wildman–Crippen MR) is 76.7 cm³/mol. The standard InChI is InChI=1S/C15H19FN4O/c1-10(17)12-6-7-20(8-12)9-14-18-19-15(21-14)11-2-4-13(16)5-3-11/h2-5,10,12H,6-9,17H2,1H3. The molecule has 0 bridgehead atoms. The molecule has 1 aliphatic heterocycles. The maximum absolute atomic E-state index is 12.9. The van der Waals surface area contributed by atoms with Gasteiger partial charge >= 0.3 is 0 Å². The molecule has 1 saturated heterocycles. The maximum atomic E-state index is 12.9. The van der Waals surface area contributed by atoms with Gasteiger partial charge in [0.1, 0.15) is 5.82 Å². The molecule has 1 aromatic carbocycles. The van der Waals surface area contributed by atoms with E-state index in [9.17, 15) is 4.39 Å². The number of halogens is 1. The largest absolute Gasteiger partial charge is 0.419 e. The molecule has 2 aromatic rings. The van der Waals surface area contributed by atoms with E-state index in [0.717, 1.165) is 25.1 Å². The molecule has 2 unspecified atom stereocenters. The van der Waals surface area contributed by atoms with Crippen LogP contribution in [-0.2, 0) is 6.54 Å². The number of hydrogen-bond donors (Lipinski definition) is 1. The molecule has 112 valence electrons. The maximum Gasteiger partial charge on any atom is 0.247 e. The third kappa shape index (κ3) is 3.28. The Hall–Kier alpha value is -1.79. The predicted octanol–water partition coefficient (Wildman–Crippen LogP) is 2.04. The topological polar surface area (TPSA) is 68.2 Å². The van der Waals surface area contributed by atoms with Crippen molar-refractivity contribution in [3.63, 3.8) is 0 Å². The van der Waals surface area contributed by atoms with Gasteiger partial charge in [-0.05, 0) is 50.1 Å². The quantitative estimate of drug-likeness (QED) is 0.933. The molecule has 1 aliphatic rings. The van der Waals surface area contributed by atoms with Crippen molar-refractivity contribution in [3.05, 3.63) is 36.0 Å². The summed E-state index contributed by atoms with van der Waals surface area (Å²) < 4.78 is 18.5. The van der Waals surface area contributed by atoms with E-state index in [1.165, 1.54) is 12.1 Å². The van der Waals surface area contributed by atoms with Crippen molar-refractivity contribution >= 4 is 0 Å². The second-order valence-electron chi connectivity index (χ2n) is 5.65. The van der Waals surface area contributed by atoms with E-state index in [2.05, 4.69) is 15.1 Å². The molecular weight excluding hydrogens is 271 g/mol. The number of benzene rings is 1. The third-order valence-corrected chi connectivity index (χ3v) is 3.97. The van der Waals surface area contributed by atoms with Crippen molar-refractivity contribution in [3.8, 4) is 11.5 Å². The van der Waals surface area contributed by atoms with Crippen LogP contribution in [0.15, 0.2) is 28.7 Å². The molecule has 6 heteroatoms. The first-order valence-electron chi connectivity index (χ1n) is 7.18. The van der Waals surface area contributed by atoms with Gasteiger partial charge < -0.3 is 10.2 Å². The lowest BCUT2D eigenvalue weighted by molar-refractivity contribution is 0.276. The average molecular weight is 290 g/mol. The van der Waals surface area contributed by atoms with Gasteiger partial charge in [-0.15, -0.1) is 10.2 Å². The summed E-state index contributed by atoms with van der Waals surface area (Å²) in [6.45, 7) is 4.65. The molecule has 5 nitrogen and oxygen atoms in total. The van der Waals surface area contributed by atoms with E-state index >= 15 is 0 Å². The molecule has 1 fully saturated rings. The summed E-state index contributed by atoms with van der Waals surface area (Å²) in [5, 5.41) is 8.09. The number of nitrogens with zero attached hydrogens (tertiary/aromatic N) is 3. The van der Waals surface area contributed by atoms with Crippen LogP contribution in [0.5, 0.6) is 0 Å². The Morgan fingerprint density at radius 3 is 2.81 bits per heavy atom. The van der Waals surface area contributed by atoms with Crippen LogP contribution in [0, 0.1) is 11.7 Å². The molecule has 2 atom stereocenters. The van der Waals surface area contributed by atoms with Gasteiger partial charge in [-0.25, -0.2) is 4.39 Å². The van der Waals surface area contributed by atoms with Crippen molar-refractivity contribution < 1.29 is 8.81 Å². The van der Waals surface area contributed by atoms with E-state index in [-0.39, 0.29) is 11.9 Å². The first kappa shape index (κ1) is 14.2. The van der Waals surface area contributed by atoms with Crippen molar-refractivity contribution in [1.29, 1.82) is 0 Å². The van der Waals surface area contributed by atoms with Gasteiger partial charge in [-0.3, -0.25) is 4.90 Å². The summed E-state index contributed by atoms with van der Waals surface area (Å²) in [5.74, 6) is 1.26. The van der Waals surface area contributed by atoms with E-state index in [1.54, 1.807) is 12.1 Å². The Kier molecular flexibility index (Phi) is 3.98. The number of aromatic nitrogens is 2. The minimum absolute atomic E-state index is 0.215. The van der Waals surface area contributed by atoms with Crippen molar-refractivity contribution in [2.24, 2.45) is 11.7 Å². The van der Waals surface area contributed by atoms with Gasteiger partial charge in [-0.2, -0.15) is 0 Å². The van der Waals surface area contributed by atoms with Crippen LogP contribution in [0.2, 0.25) is 0 Å². The molecule has 3 rings (SSSR count). The minimum atomic E-state index is -0.280. The molecule has 2 heterocycles. The average Bonchev–Trinajstić information content (AvgIpc) is 3.10. The summed E-state index contributed by atoms with van der Waals surface area (Å²) in [7, 11) is 0. The molecule has 0 aliphatic carbocycles. The fraction of sp³-hybridized carbons (Fsp3) is 0.467. The van der Waals surface area contributed by atoms with Crippen LogP contribution in [0.3, 0.4) is 0 Å². The summed E-state index contributed by atoms with van der Waals surface area (Å²) in [6.07, 6.45) is 1.11. The van der Waals surface area contributed by atoms with Gasteiger partial charge in [0.15, 0.2) is 0 Å². The Morgan fingerprint density at radius 2 is 2.14 bits per heavy atom. The highest BCUT2D eigenvalue weighted by atomic mass is 19.1. The normalized spacial score (nSPS) is 20.8. The smallest absolute Gasteiger partial charge is 0.247 e. The Bertz CT molecular complexity index is 596. The summed E-state index contributed by atoms with van der Waals surface area (Å²) >= 11 is 0. The number of nitrogens with two attached hydrogens (primary N) is 1. The third-order valence-electron chi connectivity index (χ3n) is 3.97. The highest BCUT2D eigenvalue weighted by Crippen LogP contribution is 2.22.